The number of carbonyl (C=O) groups is 2. The molecule has 22 heavy (non-hydrogen) atoms. The molecule has 114 valence electrons. The number of carbonyl (C=O) groups excluding carboxylic acids is 2. The third-order valence-corrected chi connectivity index (χ3v) is 3.85. The van der Waals surface area contributed by atoms with E-state index in [4.69, 9.17) is 9.26 Å². The second kappa shape index (κ2) is 6.01. The number of para-hydroxylation sites is 1. The summed E-state index contributed by atoms with van der Waals surface area (Å²) in [6.45, 7) is 0.480. The third kappa shape index (κ3) is 2.59. The predicted molar refractivity (Wildman–Crippen MR) is 78.4 cm³/mol. The zero-order chi connectivity index (χ0) is 15.5. The summed E-state index contributed by atoms with van der Waals surface area (Å²) in [5.74, 6) is -0.655. The van der Waals surface area contributed by atoms with Crippen molar-refractivity contribution in [3.63, 3.8) is 0 Å². The largest absolute Gasteiger partial charge is 0.469 e. The van der Waals surface area contributed by atoms with Crippen LogP contribution >= 0.6 is 0 Å². The van der Waals surface area contributed by atoms with E-state index in [0.717, 1.165) is 11.3 Å². The Morgan fingerprint density at radius 2 is 2.18 bits per heavy atom. The van der Waals surface area contributed by atoms with Gasteiger partial charge in [-0.15, -0.1) is 0 Å². The van der Waals surface area contributed by atoms with Crippen molar-refractivity contribution in [3.05, 3.63) is 47.9 Å². The lowest BCUT2D eigenvalue weighted by Gasteiger charge is -2.33. The van der Waals surface area contributed by atoms with Gasteiger partial charge in [0.2, 0.25) is 5.91 Å². The third-order valence-electron chi connectivity index (χ3n) is 3.85. The molecular weight excluding hydrogens is 284 g/mol. The van der Waals surface area contributed by atoms with Gasteiger partial charge < -0.3 is 14.2 Å². The lowest BCUT2D eigenvalue weighted by Crippen LogP contribution is -2.39. The second-order valence-electron chi connectivity index (χ2n) is 5.14. The fourth-order valence-corrected chi connectivity index (χ4v) is 2.79. The van der Waals surface area contributed by atoms with Gasteiger partial charge in [0.1, 0.15) is 6.26 Å². The van der Waals surface area contributed by atoms with Crippen LogP contribution in [-0.2, 0) is 20.7 Å². The van der Waals surface area contributed by atoms with E-state index in [-0.39, 0.29) is 24.2 Å². The van der Waals surface area contributed by atoms with Crippen LogP contribution in [0.4, 0.5) is 5.69 Å². The zero-order valence-electron chi connectivity index (χ0n) is 12.2. The number of amides is 1. The molecule has 0 N–H and O–H groups in total. The molecule has 2 heterocycles. The summed E-state index contributed by atoms with van der Waals surface area (Å²) in [5.41, 5.74) is 2.18. The second-order valence-corrected chi connectivity index (χ2v) is 5.14. The number of rotatable bonds is 3. The lowest BCUT2D eigenvalue weighted by atomic mass is 9.89. The molecule has 2 aromatic rings. The highest BCUT2D eigenvalue weighted by Crippen LogP contribution is 2.36. The van der Waals surface area contributed by atoms with Crippen LogP contribution in [0.2, 0.25) is 0 Å². The van der Waals surface area contributed by atoms with Gasteiger partial charge in [0.15, 0.2) is 0 Å². The SMILES string of the molecule is COC(=O)[C@@H]1CCN(C(=O)Cc2ccon2)c2ccccc21. The molecule has 0 unspecified atom stereocenters. The molecule has 0 saturated heterocycles. The molecule has 6 heteroatoms. The molecule has 0 bridgehead atoms. The van der Waals surface area contributed by atoms with Crippen LogP contribution < -0.4 is 4.90 Å². The quantitative estimate of drug-likeness (QED) is 0.810. The van der Waals surface area contributed by atoms with Gasteiger partial charge in [-0.25, -0.2) is 0 Å². The smallest absolute Gasteiger partial charge is 0.313 e. The molecule has 0 radical (unpaired) electrons. The van der Waals surface area contributed by atoms with Crippen LogP contribution in [-0.4, -0.2) is 30.7 Å². The summed E-state index contributed by atoms with van der Waals surface area (Å²) in [5, 5.41) is 3.77. The zero-order valence-corrected chi connectivity index (χ0v) is 12.2. The van der Waals surface area contributed by atoms with Crippen molar-refractivity contribution in [1.29, 1.82) is 0 Å². The van der Waals surface area contributed by atoms with Crippen molar-refractivity contribution in [2.45, 2.75) is 18.8 Å². The number of methoxy groups -OCH3 is 1. The number of nitrogens with zero attached hydrogens (tertiary/aromatic N) is 2. The van der Waals surface area contributed by atoms with E-state index in [9.17, 15) is 9.59 Å². The summed E-state index contributed by atoms with van der Waals surface area (Å²) in [6.07, 6.45) is 2.17. The monoisotopic (exact) mass is 300 g/mol. The number of anilines is 1. The van der Waals surface area contributed by atoms with Gasteiger partial charge in [-0.2, -0.15) is 0 Å². The number of hydrogen-bond donors (Lipinski definition) is 0. The predicted octanol–water partition coefficient (Wildman–Crippen LogP) is 1.91. The summed E-state index contributed by atoms with van der Waals surface area (Å²) < 4.78 is 9.62. The Morgan fingerprint density at radius 3 is 2.91 bits per heavy atom. The Labute approximate surface area is 127 Å². The number of aromatic nitrogens is 1. The molecule has 1 amide bonds. The molecule has 1 aromatic carbocycles. The maximum Gasteiger partial charge on any atom is 0.313 e. The average Bonchev–Trinajstić information content (AvgIpc) is 3.06. The first-order chi connectivity index (χ1) is 10.7. The Bertz CT molecular complexity index is 681. The summed E-state index contributed by atoms with van der Waals surface area (Å²) >= 11 is 0. The first-order valence-corrected chi connectivity index (χ1v) is 7.07. The van der Waals surface area contributed by atoms with Crippen molar-refractivity contribution < 1.29 is 18.8 Å². The van der Waals surface area contributed by atoms with Crippen molar-refractivity contribution in [1.82, 2.24) is 5.16 Å². The maximum atomic E-state index is 12.5. The van der Waals surface area contributed by atoms with E-state index >= 15 is 0 Å². The van der Waals surface area contributed by atoms with Gasteiger partial charge >= 0.3 is 5.97 Å². The minimum Gasteiger partial charge on any atom is -0.469 e. The molecule has 6 nitrogen and oxygen atoms in total. The standard InChI is InChI=1S/C16H16N2O4/c1-21-16(20)13-6-8-18(14-5-3-2-4-12(13)14)15(19)10-11-7-9-22-17-11/h2-5,7,9,13H,6,8,10H2,1H3/t13-/m1/s1. The average molecular weight is 300 g/mol. The molecule has 0 saturated carbocycles. The van der Waals surface area contributed by atoms with E-state index in [1.54, 1.807) is 11.0 Å². The highest BCUT2D eigenvalue weighted by molar-refractivity contribution is 5.97. The molecule has 1 aromatic heterocycles. The fourth-order valence-electron chi connectivity index (χ4n) is 2.79. The molecule has 0 fully saturated rings. The van der Waals surface area contributed by atoms with E-state index in [1.807, 2.05) is 24.3 Å². The Kier molecular flexibility index (Phi) is 3.91. The van der Waals surface area contributed by atoms with Gasteiger partial charge in [0.05, 0.1) is 25.1 Å². The van der Waals surface area contributed by atoms with E-state index in [1.165, 1.54) is 13.4 Å². The highest BCUT2D eigenvalue weighted by atomic mass is 16.5. The fraction of sp³-hybridized carbons (Fsp3) is 0.312. The molecular formula is C16H16N2O4. The van der Waals surface area contributed by atoms with Crippen molar-refractivity contribution >= 4 is 17.6 Å². The van der Waals surface area contributed by atoms with Crippen molar-refractivity contribution in [3.8, 4) is 0 Å². The van der Waals surface area contributed by atoms with Crippen LogP contribution in [0.1, 0.15) is 23.6 Å². The first-order valence-electron chi connectivity index (χ1n) is 7.07. The van der Waals surface area contributed by atoms with Gasteiger partial charge in [0, 0.05) is 18.3 Å². The number of esters is 1. The topological polar surface area (TPSA) is 72.6 Å². The molecule has 1 aliphatic heterocycles. The first kappa shape index (κ1) is 14.3. The minimum atomic E-state index is -0.322. The van der Waals surface area contributed by atoms with Gasteiger partial charge in [-0.05, 0) is 18.1 Å². The number of hydrogen-bond acceptors (Lipinski definition) is 5. The van der Waals surface area contributed by atoms with Crippen LogP contribution in [0.3, 0.4) is 0 Å². The van der Waals surface area contributed by atoms with Gasteiger partial charge in [-0.3, -0.25) is 9.59 Å². The van der Waals surface area contributed by atoms with E-state index < -0.39 is 0 Å². The molecule has 0 spiro atoms. The van der Waals surface area contributed by atoms with Crippen LogP contribution in [0.25, 0.3) is 0 Å². The minimum absolute atomic E-state index is 0.0651. The molecule has 0 aliphatic carbocycles. The van der Waals surface area contributed by atoms with Gasteiger partial charge in [-0.1, -0.05) is 23.4 Å². The van der Waals surface area contributed by atoms with E-state index in [0.29, 0.717) is 18.7 Å². The Balaban J connectivity index is 1.87. The number of benzene rings is 1. The van der Waals surface area contributed by atoms with Crippen LogP contribution in [0.5, 0.6) is 0 Å². The van der Waals surface area contributed by atoms with Crippen molar-refractivity contribution in [2.75, 3.05) is 18.6 Å². The summed E-state index contributed by atoms with van der Waals surface area (Å²) in [6, 6.07) is 9.11. The molecule has 1 aliphatic rings. The number of fused-ring (bicyclic) bond motifs is 1. The molecule has 3 rings (SSSR count). The number of ether oxygens (including phenoxy) is 1. The van der Waals surface area contributed by atoms with Crippen LogP contribution in [0.15, 0.2) is 41.1 Å². The highest BCUT2D eigenvalue weighted by Gasteiger charge is 2.33. The van der Waals surface area contributed by atoms with Crippen molar-refractivity contribution in [2.24, 2.45) is 0 Å². The maximum absolute atomic E-state index is 12.5. The summed E-state index contributed by atoms with van der Waals surface area (Å²) in [4.78, 5) is 26.1. The Hall–Kier alpha value is -2.63. The van der Waals surface area contributed by atoms with Crippen LogP contribution in [0, 0.1) is 0 Å². The Morgan fingerprint density at radius 1 is 1.36 bits per heavy atom. The molecule has 1 atom stereocenters. The normalized spacial score (nSPS) is 17.0. The van der Waals surface area contributed by atoms with Gasteiger partial charge in [0.25, 0.3) is 0 Å². The summed E-state index contributed by atoms with van der Waals surface area (Å²) in [7, 11) is 1.38. The van der Waals surface area contributed by atoms with E-state index in [2.05, 4.69) is 5.16 Å². The lowest BCUT2D eigenvalue weighted by molar-refractivity contribution is -0.142.